The van der Waals surface area contributed by atoms with Crippen LogP contribution in [0.15, 0.2) is 23.4 Å². The standard InChI is InChI=1S/C9H6ClF3N2S/c10-3-5-1-2-6-7(15-4-14-6)8(5)16-9(11,12)13/h1-2,4H,3H2,(H,14,15). The molecule has 0 aliphatic carbocycles. The Morgan fingerprint density at radius 1 is 1.38 bits per heavy atom. The van der Waals surface area contributed by atoms with E-state index in [9.17, 15) is 13.2 Å². The molecule has 0 amide bonds. The van der Waals surface area contributed by atoms with Crippen molar-refractivity contribution in [3.05, 3.63) is 24.0 Å². The highest BCUT2D eigenvalue weighted by Gasteiger charge is 2.31. The SMILES string of the molecule is FC(F)(F)Sc1c(CCl)ccc2[nH]cnc12. The van der Waals surface area contributed by atoms with Gasteiger partial charge in [0, 0.05) is 10.8 Å². The molecule has 0 saturated carbocycles. The minimum absolute atomic E-state index is 0.0290. The van der Waals surface area contributed by atoms with E-state index in [1.54, 1.807) is 12.1 Å². The number of fused-ring (bicyclic) bond motifs is 1. The second-order valence-electron chi connectivity index (χ2n) is 3.03. The van der Waals surface area contributed by atoms with E-state index in [0.29, 0.717) is 16.6 Å². The molecule has 0 saturated heterocycles. The molecule has 0 atom stereocenters. The zero-order valence-electron chi connectivity index (χ0n) is 7.81. The first kappa shape index (κ1) is 11.6. The number of aromatic nitrogens is 2. The minimum Gasteiger partial charge on any atom is -0.345 e. The fraction of sp³-hybridized carbons (Fsp3) is 0.222. The molecule has 16 heavy (non-hydrogen) atoms. The van der Waals surface area contributed by atoms with Gasteiger partial charge in [0.15, 0.2) is 0 Å². The van der Waals surface area contributed by atoms with E-state index in [2.05, 4.69) is 9.97 Å². The third-order valence-corrected chi connectivity index (χ3v) is 3.17. The molecule has 0 radical (unpaired) electrons. The summed E-state index contributed by atoms with van der Waals surface area (Å²) in [5.74, 6) is 0.0290. The fourth-order valence-electron chi connectivity index (χ4n) is 1.36. The van der Waals surface area contributed by atoms with Crippen molar-refractivity contribution < 1.29 is 13.2 Å². The van der Waals surface area contributed by atoms with Gasteiger partial charge in [-0.25, -0.2) is 4.98 Å². The lowest BCUT2D eigenvalue weighted by molar-refractivity contribution is -0.0328. The zero-order valence-corrected chi connectivity index (χ0v) is 9.38. The van der Waals surface area contributed by atoms with Gasteiger partial charge in [-0.05, 0) is 23.4 Å². The summed E-state index contributed by atoms with van der Waals surface area (Å²) in [5.41, 5.74) is -3.03. The van der Waals surface area contributed by atoms with E-state index < -0.39 is 5.51 Å². The van der Waals surface area contributed by atoms with Gasteiger partial charge in [0.1, 0.15) is 5.52 Å². The number of hydrogen-bond donors (Lipinski definition) is 1. The van der Waals surface area contributed by atoms with Gasteiger partial charge in [-0.3, -0.25) is 0 Å². The number of rotatable bonds is 2. The maximum absolute atomic E-state index is 12.4. The first-order chi connectivity index (χ1) is 7.51. The van der Waals surface area contributed by atoms with E-state index in [1.165, 1.54) is 6.33 Å². The molecule has 2 rings (SSSR count). The average molecular weight is 267 g/mol. The molecule has 0 aliphatic heterocycles. The van der Waals surface area contributed by atoms with Crippen molar-refractivity contribution in [3.8, 4) is 0 Å². The molecule has 7 heteroatoms. The number of hydrogen-bond acceptors (Lipinski definition) is 2. The number of thioether (sulfide) groups is 1. The third kappa shape index (κ3) is 2.27. The maximum atomic E-state index is 12.4. The number of aromatic amines is 1. The summed E-state index contributed by atoms with van der Waals surface area (Å²) >= 11 is 5.43. The van der Waals surface area contributed by atoms with Crippen molar-refractivity contribution in [2.45, 2.75) is 16.3 Å². The molecule has 1 aromatic heterocycles. The molecule has 86 valence electrons. The van der Waals surface area contributed by atoms with Crippen LogP contribution < -0.4 is 0 Å². The number of nitrogens with one attached hydrogen (secondary N) is 1. The highest BCUT2D eigenvalue weighted by Crippen LogP contribution is 2.41. The number of benzene rings is 1. The first-order valence-corrected chi connectivity index (χ1v) is 5.63. The summed E-state index contributed by atoms with van der Waals surface area (Å²) in [6.07, 6.45) is 1.36. The Balaban J connectivity index is 2.57. The van der Waals surface area contributed by atoms with E-state index in [0.717, 1.165) is 0 Å². The van der Waals surface area contributed by atoms with Gasteiger partial charge in [-0.15, -0.1) is 11.6 Å². The predicted octanol–water partition coefficient (Wildman–Crippen LogP) is 3.91. The highest BCUT2D eigenvalue weighted by molar-refractivity contribution is 8.00. The fourth-order valence-corrected chi connectivity index (χ4v) is 2.42. The van der Waals surface area contributed by atoms with E-state index in [-0.39, 0.29) is 22.5 Å². The van der Waals surface area contributed by atoms with Gasteiger partial charge in [-0.2, -0.15) is 13.2 Å². The van der Waals surface area contributed by atoms with Crippen molar-refractivity contribution in [2.24, 2.45) is 0 Å². The predicted molar refractivity (Wildman–Crippen MR) is 57.6 cm³/mol. The van der Waals surface area contributed by atoms with E-state index in [1.807, 2.05) is 0 Å². The molecule has 0 unspecified atom stereocenters. The average Bonchev–Trinajstić information content (AvgIpc) is 2.64. The molecule has 0 aliphatic rings. The highest BCUT2D eigenvalue weighted by atomic mass is 35.5. The van der Waals surface area contributed by atoms with Crippen LogP contribution in [0.25, 0.3) is 11.0 Å². The molecule has 2 nitrogen and oxygen atoms in total. The first-order valence-electron chi connectivity index (χ1n) is 4.28. The summed E-state index contributed by atoms with van der Waals surface area (Å²) in [7, 11) is 0. The number of H-pyrrole nitrogens is 1. The lowest BCUT2D eigenvalue weighted by Crippen LogP contribution is -2.01. The van der Waals surface area contributed by atoms with Crippen LogP contribution in [0.3, 0.4) is 0 Å². The normalized spacial score (nSPS) is 12.2. The number of nitrogens with zero attached hydrogens (tertiary/aromatic N) is 1. The van der Waals surface area contributed by atoms with Gasteiger partial charge in [0.25, 0.3) is 0 Å². The van der Waals surface area contributed by atoms with Crippen LogP contribution in [0.5, 0.6) is 0 Å². The van der Waals surface area contributed by atoms with Gasteiger partial charge in [-0.1, -0.05) is 6.07 Å². The second-order valence-corrected chi connectivity index (χ2v) is 4.38. The minimum atomic E-state index is -4.34. The molecule has 2 aromatic rings. The van der Waals surface area contributed by atoms with E-state index >= 15 is 0 Å². The van der Waals surface area contributed by atoms with Gasteiger partial charge in [0.05, 0.1) is 11.8 Å². The number of alkyl halides is 4. The summed E-state index contributed by atoms with van der Waals surface area (Å²) < 4.78 is 37.1. The Morgan fingerprint density at radius 3 is 2.75 bits per heavy atom. The Hall–Kier alpha value is -0.880. The van der Waals surface area contributed by atoms with Crippen molar-refractivity contribution in [1.29, 1.82) is 0 Å². The lowest BCUT2D eigenvalue weighted by atomic mass is 10.2. The maximum Gasteiger partial charge on any atom is 0.446 e. The van der Waals surface area contributed by atoms with Crippen LogP contribution in [0.1, 0.15) is 5.56 Å². The largest absolute Gasteiger partial charge is 0.446 e. The number of imidazole rings is 1. The van der Waals surface area contributed by atoms with Crippen LogP contribution in [0.2, 0.25) is 0 Å². The Bertz CT molecular complexity index is 509. The van der Waals surface area contributed by atoms with Crippen molar-refractivity contribution in [3.63, 3.8) is 0 Å². The molecule has 0 fully saturated rings. The monoisotopic (exact) mass is 266 g/mol. The molecule has 0 spiro atoms. The Kier molecular flexibility index (Phi) is 3.03. The number of halogens is 4. The molecule has 1 aromatic carbocycles. The van der Waals surface area contributed by atoms with Crippen LogP contribution in [0, 0.1) is 0 Å². The van der Waals surface area contributed by atoms with Gasteiger partial charge >= 0.3 is 5.51 Å². The van der Waals surface area contributed by atoms with Crippen LogP contribution >= 0.6 is 23.4 Å². The van der Waals surface area contributed by atoms with Gasteiger partial charge in [0.2, 0.25) is 0 Å². The third-order valence-electron chi connectivity index (χ3n) is 1.99. The molecular formula is C9H6ClF3N2S. The topological polar surface area (TPSA) is 28.7 Å². The van der Waals surface area contributed by atoms with Crippen molar-refractivity contribution >= 4 is 34.4 Å². The van der Waals surface area contributed by atoms with Crippen LogP contribution in [0.4, 0.5) is 13.2 Å². The smallest absolute Gasteiger partial charge is 0.345 e. The molecule has 0 bridgehead atoms. The van der Waals surface area contributed by atoms with Crippen LogP contribution in [-0.4, -0.2) is 15.5 Å². The lowest BCUT2D eigenvalue weighted by Gasteiger charge is -2.09. The molecular weight excluding hydrogens is 261 g/mol. The van der Waals surface area contributed by atoms with E-state index in [4.69, 9.17) is 11.6 Å². The quantitative estimate of drug-likeness (QED) is 0.659. The summed E-state index contributed by atoms with van der Waals surface area (Å²) in [6.45, 7) is 0. The van der Waals surface area contributed by atoms with Crippen LogP contribution in [-0.2, 0) is 5.88 Å². The van der Waals surface area contributed by atoms with Crippen molar-refractivity contribution in [1.82, 2.24) is 9.97 Å². The summed E-state index contributed by atoms with van der Waals surface area (Å²) in [6, 6.07) is 3.24. The summed E-state index contributed by atoms with van der Waals surface area (Å²) in [5, 5.41) is 0. The zero-order chi connectivity index (χ0) is 11.8. The summed E-state index contributed by atoms with van der Waals surface area (Å²) in [4.78, 5) is 6.71. The molecule has 1 heterocycles. The van der Waals surface area contributed by atoms with Crippen molar-refractivity contribution in [2.75, 3.05) is 0 Å². The Labute approximate surface area is 98.2 Å². The molecule has 1 N–H and O–H groups in total. The van der Waals surface area contributed by atoms with Gasteiger partial charge < -0.3 is 4.98 Å². The Morgan fingerprint density at radius 2 is 2.12 bits per heavy atom. The second kappa shape index (κ2) is 4.18.